The molecule has 0 radical (unpaired) electrons. The largest absolute Gasteiger partial charge is 0.285 e. The molecule has 0 saturated carbocycles. The van der Waals surface area contributed by atoms with Crippen LogP contribution < -0.4 is 4.72 Å². The van der Waals surface area contributed by atoms with E-state index >= 15 is 4.39 Å². The molecule has 2 aromatic carbocycles. The number of aromatic amines is 1. The van der Waals surface area contributed by atoms with Crippen molar-refractivity contribution in [3.63, 3.8) is 0 Å². The number of rotatable bonds is 5. The predicted octanol–water partition coefficient (Wildman–Crippen LogP) is 5.12. The molecule has 5 rings (SSSR count). The Morgan fingerprint density at radius 1 is 1.19 bits per heavy atom. The molecule has 0 spiro atoms. The van der Waals surface area contributed by atoms with Crippen molar-refractivity contribution in [1.29, 1.82) is 0 Å². The van der Waals surface area contributed by atoms with Gasteiger partial charge in [-0.1, -0.05) is 23.2 Å². The van der Waals surface area contributed by atoms with E-state index in [2.05, 4.69) is 25.0 Å². The highest BCUT2D eigenvalue weighted by Crippen LogP contribution is 2.35. The summed E-state index contributed by atoms with van der Waals surface area (Å²) in [5.41, 5.74) is 3.47. The number of hydrogen-bond acceptors (Lipinski definition) is 6. The number of halogens is 3. The second kappa shape index (κ2) is 7.85. The molecule has 0 aliphatic rings. The fraction of sp³-hybridized carbons (Fsp3) is 0. The molecule has 0 atom stereocenters. The van der Waals surface area contributed by atoms with Crippen molar-refractivity contribution in [3.05, 3.63) is 69.5 Å². The predicted molar refractivity (Wildman–Crippen MR) is 122 cm³/mol. The van der Waals surface area contributed by atoms with Crippen molar-refractivity contribution >= 4 is 61.3 Å². The molecule has 0 unspecified atom stereocenters. The number of aromatic nitrogens is 5. The van der Waals surface area contributed by atoms with Crippen molar-refractivity contribution in [2.45, 2.75) is 4.90 Å². The Morgan fingerprint density at radius 2 is 2.03 bits per heavy atom. The minimum absolute atomic E-state index is 0.0110. The summed E-state index contributed by atoms with van der Waals surface area (Å²) in [6.45, 7) is 0. The van der Waals surface area contributed by atoms with Crippen LogP contribution in [0.4, 0.5) is 10.2 Å². The van der Waals surface area contributed by atoms with Crippen LogP contribution in [0.25, 0.3) is 27.8 Å². The number of fused-ring (bicyclic) bond motifs is 1. The average molecular weight is 509 g/mol. The van der Waals surface area contributed by atoms with Crippen LogP contribution in [0.1, 0.15) is 0 Å². The molecule has 5 aromatic rings. The van der Waals surface area contributed by atoms with Crippen LogP contribution in [-0.2, 0) is 10.0 Å². The van der Waals surface area contributed by atoms with Crippen LogP contribution in [0, 0.1) is 5.82 Å². The third kappa shape index (κ3) is 3.62. The smallest absolute Gasteiger partial charge is 0.266 e. The molecule has 3 heterocycles. The van der Waals surface area contributed by atoms with E-state index in [0.717, 1.165) is 12.1 Å². The van der Waals surface area contributed by atoms with Gasteiger partial charge in [-0.05, 0) is 24.3 Å². The van der Waals surface area contributed by atoms with E-state index in [0.29, 0.717) is 27.2 Å². The Hall–Kier alpha value is -2.99. The first-order valence-electron chi connectivity index (χ1n) is 8.91. The van der Waals surface area contributed by atoms with Gasteiger partial charge in [0.05, 0.1) is 27.9 Å². The van der Waals surface area contributed by atoms with Gasteiger partial charge in [-0.2, -0.15) is 10.2 Å². The Bertz CT molecular complexity index is 1550. The SMILES string of the molecule is O=S(=O)(Nc1cscn1)c1cc(Cl)c(-n2nc(-c3cn[nH]c3)c3cc(Cl)ccc32)cc1F. The Labute approximate surface area is 194 Å². The molecule has 32 heavy (non-hydrogen) atoms. The first-order valence-corrected chi connectivity index (χ1v) is 12.1. The van der Waals surface area contributed by atoms with Gasteiger partial charge in [-0.25, -0.2) is 22.5 Å². The van der Waals surface area contributed by atoms with Gasteiger partial charge in [0.25, 0.3) is 10.0 Å². The average Bonchev–Trinajstić information content (AvgIpc) is 3.49. The molecule has 0 amide bonds. The fourth-order valence-corrected chi connectivity index (χ4v) is 5.33. The van der Waals surface area contributed by atoms with Gasteiger partial charge < -0.3 is 0 Å². The number of anilines is 1. The number of nitrogens with zero attached hydrogens (tertiary/aromatic N) is 4. The molecule has 8 nitrogen and oxygen atoms in total. The van der Waals surface area contributed by atoms with Gasteiger partial charge in [-0.3, -0.25) is 9.82 Å². The van der Waals surface area contributed by atoms with Gasteiger partial charge in [0.2, 0.25) is 0 Å². The quantitative estimate of drug-likeness (QED) is 0.342. The van der Waals surface area contributed by atoms with E-state index in [-0.39, 0.29) is 16.5 Å². The molecule has 162 valence electrons. The maximum absolute atomic E-state index is 15.0. The standard InChI is InChI=1S/C19H11Cl2FN6O2S2/c20-11-1-2-15-12(3-11)19(10-6-24-25-7-10)26-28(15)16-5-14(22)17(4-13(16)21)32(29,30)27-18-8-31-9-23-18/h1-9,27H,(H,24,25). The van der Waals surface area contributed by atoms with Crippen LogP contribution >= 0.6 is 34.5 Å². The number of nitrogens with one attached hydrogen (secondary N) is 2. The zero-order valence-corrected chi connectivity index (χ0v) is 18.9. The van der Waals surface area contributed by atoms with Gasteiger partial charge >= 0.3 is 0 Å². The van der Waals surface area contributed by atoms with E-state index in [1.165, 1.54) is 26.9 Å². The monoisotopic (exact) mass is 508 g/mol. The highest BCUT2D eigenvalue weighted by atomic mass is 35.5. The summed E-state index contributed by atoms with van der Waals surface area (Å²) in [6, 6.07) is 7.18. The zero-order chi connectivity index (χ0) is 22.5. The summed E-state index contributed by atoms with van der Waals surface area (Å²) >= 11 is 13.8. The van der Waals surface area contributed by atoms with Gasteiger partial charge in [-0.15, -0.1) is 11.3 Å². The van der Waals surface area contributed by atoms with Crippen LogP contribution in [0.5, 0.6) is 0 Å². The maximum atomic E-state index is 15.0. The van der Waals surface area contributed by atoms with Crippen LogP contribution in [0.3, 0.4) is 0 Å². The van der Waals surface area contributed by atoms with E-state index in [9.17, 15) is 8.42 Å². The van der Waals surface area contributed by atoms with E-state index in [1.807, 2.05) is 0 Å². The lowest BCUT2D eigenvalue weighted by molar-refractivity contribution is 0.569. The van der Waals surface area contributed by atoms with E-state index < -0.39 is 20.7 Å². The second-order valence-electron chi connectivity index (χ2n) is 6.62. The van der Waals surface area contributed by atoms with Crippen molar-refractivity contribution in [3.8, 4) is 16.9 Å². The highest BCUT2D eigenvalue weighted by molar-refractivity contribution is 7.92. The van der Waals surface area contributed by atoms with E-state index in [4.69, 9.17) is 23.2 Å². The Kier molecular flexibility index (Phi) is 5.13. The molecule has 0 fully saturated rings. The van der Waals surface area contributed by atoms with Gasteiger partial charge in [0.15, 0.2) is 5.82 Å². The van der Waals surface area contributed by atoms with Crippen LogP contribution in [0.2, 0.25) is 10.0 Å². The molecule has 2 N–H and O–H groups in total. The minimum Gasteiger partial charge on any atom is -0.285 e. The van der Waals surface area contributed by atoms with Gasteiger partial charge in [0.1, 0.15) is 16.4 Å². The summed E-state index contributed by atoms with van der Waals surface area (Å²) in [7, 11) is -4.24. The summed E-state index contributed by atoms with van der Waals surface area (Å²) < 4.78 is 43.9. The van der Waals surface area contributed by atoms with Crippen molar-refractivity contribution in [2.75, 3.05) is 4.72 Å². The maximum Gasteiger partial charge on any atom is 0.266 e. The van der Waals surface area contributed by atoms with Crippen molar-refractivity contribution in [1.82, 2.24) is 25.0 Å². The summed E-state index contributed by atoms with van der Waals surface area (Å²) in [5.74, 6) is -0.899. The second-order valence-corrected chi connectivity index (χ2v) is 9.84. The lowest BCUT2D eigenvalue weighted by atomic mass is 10.1. The summed E-state index contributed by atoms with van der Waals surface area (Å²) in [5, 5.41) is 13.9. The summed E-state index contributed by atoms with van der Waals surface area (Å²) in [4.78, 5) is 3.25. The third-order valence-corrected chi connectivity index (χ3v) is 7.10. The van der Waals surface area contributed by atoms with Crippen LogP contribution in [-0.4, -0.2) is 33.4 Å². The Balaban J connectivity index is 1.66. The van der Waals surface area contributed by atoms with E-state index in [1.54, 1.807) is 30.6 Å². The first-order chi connectivity index (χ1) is 15.3. The first kappa shape index (κ1) is 20.9. The molecule has 0 bridgehead atoms. The molecule has 0 saturated heterocycles. The number of thiazole rings is 1. The minimum atomic E-state index is -4.24. The van der Waals surface area contributed by atoms with Crippen LogP contribution in [0.15, 0.2) is 58.5 Å². The molecule has 3 aromatic heterocycles. The van der Waals surface area contributed by atoms with Crippen molar-refractivity contribution in [2.24, 2.45) is 0 Å². The fourth-order valence-electron chi connectivity index (χ4n) is 3.21. The normalized spacial score (nSPS) is 11.8. The number of H-pyrrole nitrogens is 1. The lowest BCUT2D eigenvalue weighted by Gasteiger charge is -2.11. The molecule has 0 aliphatic heterocycles. The molecular weight excluding hydrogens is 498 g/mol. The molecule has 13 heteroatoms. The number of benzene rings is 2. The number of hydrogen-bond donors (Lipinski definition) is 2. The number of sulfonamides is 1. The highest BCUT2D eigenvalue weighted by Gasteiger charge is 2.24. The molecule has 0 aliphatic carbocycles. The third-order valence-electron chi connectivity index (χ3n) is 4.60. The molecular formula is C19H11Cl2FN6O2S2. The topological polar surface area (TPSA) is 106 Å². The summed E-state index contributed by atoms with van der Waals surface area (Å²) in [6.07, 6.45) is 3.25. The van der Waals surface area contributed by atoms with Crippen molar-refractivity contribution < 1.29 is 12.8 Å². The lowest BCUT2D eigenvalue weighted by Crippen LogP contribution is -2.15. The zero-order valence-electron chi connectivity index (χ0n) is 15.8. The van der Waals surface area contributed by atoms with Gasteiger partial charge in [0, 0.05) is 33.6 Å². The Morgan fingerprint density at radius 3 is 2.75 bits per heavy atom.